The molecule has 0 aliphatic rings. The summed E-state index contributed by atoms with van der Waals surface area (Å²) in [6.07, 6.45) is -4.19. The van der Waals surface area contributed by atoms with E-state index in [4.69, 9.17) is 11.6 Å². The van der Waals surface area contributed by atoms with E-state index in [9.17, 15) is 23.3 Å². The minimum atomic E-state index is -4.81. The standard InChI is InChI=1S/C16H20ClF3N4O2/c1-5-9(4)23-13-11(21-15(23)22(6-2)7-3)8-10(16(18,19)20)12(17)14(13)24(25)26/h8-9H,5-7H2,1-4H3. The molecule has 0 saturated heterocycles. The van der Waals surface area contributed by atoms with Gasteiger partial charge in [0.2, 0.25) is 5.95 Å². The molecule has 1 heterocycles. The topological polar surface area (TPSA) is 64.2 Å². The SMILES string of the molecule is CCC(C)n1c(N(CC)CC)nc2cc(C(F)(F)F)c(Cl)c([N+](=O)[O-])c21. The Balaban J connectivity index is 3.02. The number of alkyl halides is 3. The second-order valence-corrected chi connectivity index (χ2v) is 6.30. The number of anilines is 1. The van der Waals surface area contributed by atoms with Gasteiger partial charge in [0.15, 0.2) is 5.52 Å². The summed E-state index contributed by atoms with van der Waals surface area (Å²) >= 11 is 5.83. The van der Waals surface area contributed by atoms with Gasteiger partial charge in [-0.25, -0.2) is 4.98 Å². The molecule has 2 aromatic rings. The molecule has 0 radical (unpaired) electrons. The van der Waals surface area contributed by atoms with Crippen molar-refractivity contribution in [3.05, 3.63) is 26.8 Å². The molecule has 0 aliphatic heterocycles. The number of nitrogens with zero attached hydrogens (tertiary/aromatic N) is 4. The molecule has 0 amide bonds. The highest BCUT2D eigenvalue weighted by molar-refractivity contribution is 6.35. The quantitative estimate of drug-likeness (QED) is 0.485. The van der Waals surface area contributed by atoms with Crippen molar-refractivity contribution in [3.63, 3.8) is 0 Å². The number of fused-ring (bicyclic) bond motifs is 1. The monoisotopic (exact) mass is 392 g/mol. The average molecular weight is 393 g/mol. The van der Waals surface area contributed by atoms with Crippen molar-refractivity contribution in [1.29, 1.82) is 0 Å². The molecule has 0 spiro atoms. The van der Waals surface area contributed by atoms with E-state index in [-0.39, 0.29) is 17.1 Å². The Labute approximate surface area is 153 Å². The molecular weight excluding hydrogens is 373 g/mol. The van der Waals surface area contributed by atoms with Gasteiger partial charge in [-0.05, 0) is 33.3 Å². The Kier molecular flexibility index (Phi) is 5.70. The minimum Gasteiger partial charge on any atom is -0.343 e. The number of aromatic nitrogens is 2. The highest BCUT2D eigenvalue weighted by atomic mass is 35.5. The highest BCUT2D eigenvalue weighted by Crippen LogP contribution is 2.45. The van der Waals surface area contributed by atoms with Gasteiger partial charge in [0.1, 0.15) is 5.02 Å². The molecule has 2 rings (SSSR count). The normalized spacial score (nSPS) is 13.2. The Morgan fingerprint density at radius 1 is 1.35 bits per heavy atom. The fourth-order valence-electron chi connectivity index (χ4n) is 2.91. The van der Waals surface area contributed by atoms with Gasteiger partial charge >= 0.3 is 11.9 Å². The summed E-state index contributed by atoms with van der Waals surface area (Å²) in [6, 6.07) is 0.582. The lowest BCUT2D eigenvalue weighted by molar-refractivity contribution is -0.383. The molecule has 1 atom stereocenters. The van der Waals surface area contributed by atoms with Crippen molar-refractivity contribution in [2.24, 2.45) is 0 Å². The molecule has 1 aromatic carbocycles. The molecule has 1 unspecified atom stereocenters. The third-order valence-corrected chi connectivity index (χ3v) is 4.82. The van der Waals surface area contributed by atoms with E-state index in [2.05, 4.69) is 4.98 Å². The van der Waals surface area contributed by atoms with Crippen LogP contribution in [0.5, 0.6) is 0 Å². The van der Waals surface area contributed by atoms with Crippen LogP contribution in [0.1, 0.15) is 45.7 Å². The van der Waals surface area contributed by atoms with Gasteiger partial charge in [0.05, 0.1) is 16.0 Å². The first-order chi connectivity index (χ1) is 12.1. The molecule has 0 aliphatic carbocycles. The van der Waals surface area contributed by atoms with E-state index in [1.165, 1.54) is 0 Å². The molecule has 0 fully saturated rings. The molecule has 144 valence electrons. The number of hydrogen-bond acceptors (Lipinski definition) is 4. The van der Waals surface area contributed by atoms with Gasteiger partial charge in [-0.2, -0.15) is 13.2 Å². The summed E-state index contributed by atoms with van der Waals surface area (Å²) in [4.78, 5) is 16.9. The number of nitro benzene ring substituents is 1. The predicted molar refractivity (Wildman–Crippen MR) is 95.0 cm³/mol. The van der Waals surface area contributed by atoms with Crippen LogP contribution >= 0.6 is 11.6 Å². The van der Waals surface area contributed by atoms with Gasteiger partial charge in [-0.15, -0.1) is 0 Å². The van der Waals surface area contributed by atoms with Crippen LogP contribution in [-0.2, 0) is 6.18 Å². The maximum atomic E-state index is 13.3. The number of nitro groups is 1. The second kappa shape index (κ2) is 7.30. The highest BCUT2D eigenvalue weighted by Gasteiger charge is 2.40. The molecular formula is C16H20ClF3N4O2. The van der Waals surface area contributed by atoms with Gasteiger partial charge in [0, 0.05) is 19.1 Å². The average Bonchev–Trinajstić information content (AvgIpc) is 2.92. The lowest BCUT2D eigenvalue weighted by atomic mass is 10.1. The van der Waals surface area contributed by atoms with Crippen molar-refractivity contribution in [2.75, 3.05) is 18.0 Å². The zero-order valence-corrected chi connectivity index (χ0v) is 15.6. The van der Waals surface area contributed by atoms with Gasteiger partial charge in [-0.3, -0.25) is 10.1 Å². The van der Waals surface area contributed by atoms with Crippen molar-refractivity contribution < 1.29 is 18.1 Å². The maximum absolute atomic E-state index is 13.3. The summed E-state index contributed by atoms with van der Waals surface area (Å²) in [6.45, 7) is 8.61. The van der Waals surface area contributed by atoms with Gasteiger partial charge < -0.3 is 9.47 Å². The number of benzene rings is 1. The van der Waals surface area contributed by atoms with Crippen LogP contribution in [0.15, 0.2) is 6.07 Å². The van der Waals surface area contributed by atoms with Crippen LogP contribution in [0.2, 0.25) is 5.02 Å². The van der Waals surface area contributed by atoms with Crippen molar-refractivity contribution in [1.82, 2.24) is 9.55 Å². The summed E-state index contributed by atoms with van der Waals surface area (Å²) in [5.74, 6) is 0.401. The molecule has 6 nitrogen and oxygen atoms in total. The third kappa shape index (κ3) is 3.32. The van der Waals surface area contributed by atoms with E-state index >= 15 is 0 Å². The van der Waals surface area contributed by atoms with Crippen LogP contribution in [0.25, 0.3) is 11.0 Å². The molecule has 1 aromatic heterocycles. The zero-order chi connectivity index (χ0) is 19.8. The number of halogens is 4. The molecule has 26 heavy (non-hydrogen) atoms. The Hall–Kier alpha value is -2.03. The summed E-state index contributed by atoms with van der Waals surface area (Å²) in [5, 5.41) is 10.7. The second-order valence-electron chi connectivity index (χ2n) is 5.92. The van der Waals surface area contributed by atoms with E-state index in [0.29, 0.717) is 25.5 Å². The molecule has 0 bridgehead atoms. The lowest BCUT2D eigenvalue weighted by Gasteiger charge is -2.24. The Morgan fingerprint density at radius 3 is 2.35 bits per heavy atom. The third-order valence-electron chi connectivity index (χ3n) is 4.44. The van der Waals surface area contributed by atoms with E-state index in [0.717, 1.165) is 6.07 Å². The van der Waals surface area contributed by atoms with Crippen molar-refractivity contribution in [2.45, 2.75) is 46.3 Å². The summed E-state index contributed by atoms with van der Waals surface area (Å²) in [5.41, 5.74) is -2.08. The molecule has 10 heteroatoms. The maximum Gasteiger partial charge on any atom is 0.418 e. The van der Waals surface area contributed by atoms with E-state index < -0.39 is 27.4 Å². The molecule has 0 N–H and O–H groups in total. The van der Waals surface area contributed by atoms with Crippen molar-refractivity contribution >= 4 is 34.3 Å². The fraction of sp³-hybridized carbons (Fsp3) is 0.562. The first-order valence-corrected chi connectivity index (χ1v) is 8.67. The number of hydrogen-bond donors (Lipinski definition) is 0. The van der Waals surface area contributed by atoms with Crippen LogP contribution in [0, 0.1) is 10.1 Å². The first kappa shape index (κ1) is 20.3. The van der Waals surface area contributed by atoms with Crippen LogP contribution in [-0.4, -0.2) is 27.6 Å². The number of imidazole rings is 1. The predicted octanol–water partition coefficient (Wildman–Crippen LogP) is 5.43. The number of rotatable bonds is 6. The summed E-state index contributed by atoms with van der Waals surface area (Å²) in [7, 11) is 0. The van der Waals surface area contributed by atoms with E-state index in [1.54, 1.807) is 4.57 Å². The van der Waals surface area contributed by atoms with Gasteiger partial charge in [0.25, 0.3) is 0 Å². The van der Waals surface area contributed by atoms with Crippen LogP contribution < -0.4 is 4.90 Å². The first-order valence-electron chi connectivity index (χ1n) is 8.29. The zero-order valence-electron chi connectivity index (χ0n) is 14.9. The minimum absolute atomic E-state index is 0.0178. The van der Waals surface area contributed by atoms with Crippen LogP contribution in [0.4, 0.5) is 24.8 Å². The lowest BCUT2D eigenvalue weighted by Crippen LogP contribution is -2.26. The smallest absolute Gasteiger partial charge is 0.343 e. The Morgan fingerprint density at radius 2 is 1.92 bits per heavy atom. The fourth-order valence-corrected chi connectivity index (χ4v) is 3.23. The van der Waals surface area contributed by atoms with Crippen LogP contribution in [0.3, 0.4) is 0 Å². The van der Waals surface area contributed by atoms with Crippen molar-refractivity contribution in [3.8, 4) is 0 Å². The van der Waals surface area contributed by atoms with E-state index in [1.807, 2.05) is 32.6 Å². The van der Waals surface area contributed by atoms with Gasteiger partial charge in [-0.1, -0.05) is 18.5 Å². The Bertz CT molecular complexity index is 831. The summed E-state index contributed by atoms with van der Waals surface area (Å²) < 4.78 is 41.5. The largest absolute Gasteiger partial charge is 0.418 e. The molecule has 0 saturated carbocycles.